The molecule has 7 heteroatoms. The lowest BCUT2D eigenvalue weighted by atomic mass is 9.96. The van der Waals surface area contributed by atoms with Crippen molar-refractivity contribution in [1.82, 2.24) is 20.7 Å². The van der Waals surface area contributed by atoms with E-state index in [0.29, 0.717) is 38.8 Å². The van der Waals surface area contributed by atoms with E-state index in [4.69, 9.17) is 4.74 Å². The van der Waals surface area contributed by atoms with Crippen LogP contribution in [-0.4, -0.2) is 60.9 Å². The van der Waals surface area contributed by atoms with E-state index in [9.17, 15) is 9.59 Å². The van der Waals surface area contributed by atoms with Gasteiger partial charge in [0.05, 0.1) is 6.61 Å². The third kappa shape index (κ3) is 5.08. The summed E-state index contributed by atoms with van der Waals surface area (Å²) in [5.74, 6) is 0. The van der Waals surface area contributed by atoms with Crippen molar-refractivity contribution in [1.29, 1.82) is 0 Å². The van der Waals surface area contributed by atoms with Crippen LogP contribution in [0.2, 0.25) is 0 Å². The number of urea groups is 1. The van der Waals surface area contributed by atoms with Gasteiger partial charge in [-0.15, -0.1) is 0 Å². The Morgan fingerprint density at radius 2 is 1.76 bits per heavy atom. The number of carbonyl (C=O) groups excluding carboxylic acids is 2. The highest BCUT2D eigenvalue weighted by molar-refractivity contribution is 5.73. The quantitative estimate of drug-likeness (QED) is 0.824. The van der Waals surface area contributed by atoms with Gasteiger partial charge in [-0.3, -0.25) is 5.43 Å². The largest absolute Gasteiger partial charge is 0.450 e. The van der Waals surface area contributed by atoms with E-state index in [1.165, 1.54) is 19.3 Å². The molecule has 0 spiro atoms. The fourth-order valence-electron chi connectivity index (χ4n) is 2.82. The van der Waals surface area contributed by atoms with Crippen molar-refractivity contribution in [2.75, 3.05) is 32.8 Å². The lowest BCUT2D eigenvalue weighted by Gasteiger charge is -2.34. The van der Waals surface area contributed by atoms with Crippen LogP contribution in [0.1, 0.15) is 39.0 Å². The fraction of sp³-hybridized carbons (Fsp3) is 0.857. The highest BCUT2D eigenvalue weighted by Crippen LogP contribution is 2.17. The van der Waals surface area contributed by atoms with Crippen LogP contribution in [-0.2, 0) is 4.74 Å². The monoisotopic (exact) mass is 298 g/mol. The highest BCUT2D eigenvalue weighted by Gasteiger charge is 2.23. The molecule has 1 aliphatic heterocycles. The topological polar surface area (TPSA) is 73.9 Å². The van der Waals surface area contributed by atoms with Gasteiger partial charge in [-0.1, -0.05) is 19.3 Å². The van der Waals surface area contributed by atoms with E-state index >= 15 is 0 Å². The summed E-state index contributed by atoms with van der Waals surface area (Å²) < 4.78 is 4.97. The maximum atomic E-state index is 11.9. The molecule has 2 rings (SSSR count). The number of ether oxygens (including phenoxy) is 1. The number of carbonyl (C=O) groups is 2. The molecule has 2 fully saturated rings. The lowest BCUT2D eigenvalue weighted by Crippen LogP contribution is -2.57. The van der Waals surface area contributed by atoms with Gasteiger partial charge in [0.2, 0.25) is 0 Å². The second-order valence-corrected chi connectivity index (χ2v) is 5.59. The van der Waals surface area contributed by atoms with Crippen LogP contribution in [0, 0.1) is 0 Å². The number of nitrogens with one attached hydrogen (secondary N) is 2. The molecule has 0 atom stereocenters. The van der Waals surface area contributed by atoms with Crippen molar-refractivity contribution in [2.24, 2.45) is 0 Å². The van der Waals surface area contributed by atoms with Crippen molar-refractivity contribution in [3.8, 4) is 0 Å². The summed E-state index contributed by atoms with van der Waals surface area (Å²) in [5, 5.41) is 4.88. The minimum Gasteiger partial charge on any atom is -0.450 e. The zero-order chi connectivity index (χ0) is 15.1. The molecule has 120 valence electrons. The first-order valence-electron chi connectivity index (χ1n) is 7.93. The van der Waals surface area contributed by atoms with Crippen molar-refractivity contribution in [3.05, 3.63) is 0 Å². The Bertz CT molecular complexity index is 350. The van der Waals surface area contributed by atoms with Gasteiger partial charge in [0.1, 0.15) is 0 Å². The molecule has 1 heterocycles. The third-order valence-electron chi connectivity index (χ3n) is 4.01. The highest BCUT2D eigenvalue weighted by atomic mass is 16.6. The van der Waals surface area contributed by atoms with Crippen molar-refractivity contribution in [3.63, 3.8) is 0 Å². The summed E-state index contributed by atoms with van der Waals surface area (Å²) in [6.45, 7) is 4.57. The Morgan fingerprint density at radius 3 is 2.38 bits per heavy atom. The molecule has 2 aliphatic rings. The van der Waals surface area contributed by atoms with Gasteiger partial charge in [0, 0.05) is 32.2 Å². The van der Waals surface area contributed by atoms with E-state index in [2.05, 4.69) is 10.7 Å². The molecular weight excluding hydrogens is 272 g/mol. The van der Waals surface area contributed by atoms with Crippen molar-refractivity contribution >= 4 is 12.1 Å². The van der Waals surface area contributed by atoms with Gasteiger partial charge in [-0.2, -0.15) is 0 Å². The van der Waals surface area contributed by atoms with Crippen LogP contribution in [0.3, 0.4) is 0 Å². The number of hydrogen-bond donors (Lipinski definition) is 2. The molecule has 7 nitrogen and oxygen atoms in total. The predicted octanol–water partition coefficient (Wildman–Crippen LogP) is 1.31. The summed E-state index contributed by atoms with van der Waals surface area (Å²) in [5.41, 5.74) is 2.86. The smallest absolute Gasteiger partial charge is 0.409 e. The molecule has 21 heavy (non-hydrogen) atoms. The first-order chi connectivity index (χ1) is 10.2. The Kier molecular flexibility index (Phi) is 6.10. The molecule has 0 unspecified atom stereocenters. The van der Waals surface area contributed by atoms with E-state index in [1.807, 2.05) is 5.01 Å². The number of piperazine rings is 1. The lowest BCUT2D eigenvalue weighted by molar-refractivity contribution is 0.0675. The standard InChI is InChI=1S/C14H26N4O3/c1-2-21-14(20)17-8-10-18(11-9-17)16-13(19)15-12-6-4-3-5-7-12/h12H,2-11H2,1H3,(H2,15,16,19). The average Bonchev–Trinajstić information content (AvgIpc) is 2.49. The maximum absolute atomic E-state index is 11.9. The van der Waals surface area contributed by atoms with Gasteiger partial charge >= 0.3 is 12.1 Å². The summed E-state index contributed by atoms with van der Waals surface area (Å²) in [7, 11) is 0. The molecule has 0 aromatic rings. The van der Waals surface area contributed by atoms with E-state index in [-0.39, 0.29) is 12.1 Å². The molecule has 0 radical (unpaired) electrons. The van der Waals surface area contributed by atoms with Crippen molar-refractivity contribution in [2.45, 2.75) is 45.1 Å². The Balaban J connectivity index is 1.65. The first kappa shape index (κ1) is 15.9. The zero-order valence-corrected chi connectivity index (χ0v) is 12.8. The summed E-state index contributed by atoms with van der Waals surface area (Å²) >= 11 is 0. The second-order valence-electron chi connectivity index (χ2n) is 5.59. The molecule has 1 aliphatic carbocycles. The zero-order valence-electron chi connectivity index (χ0n) is 12.8. The summed E-state index contributed by atoms with van der Waals surface area (Å²) in [6, 6.07) is 0.172. The second kappa shape index (κ2) is 8.07. The minimum atomic E-state index is -0.274. The first-order valence-corrected chi connectivity index (χ1v) is 7.93. The fourth-order valence-corrected chi connectivity index (χ4v) is 2.82. The summed E-state index contributed by atoms with van der Waals surface area (Å²) in [6.07, 6.45) is 5.54. The molecule has 0 aromatic carbocycles. The SMILES string of the molecule is CCOC(=O)N1CCN(NC(=O)NC2CCCCC2)CC1. The van der Waals surface area contributed by atoms with Gasteiger partial charge in [-0.25, -0.2) is 14.6 Å². The van der Waals surface area contributed by atoms with Crippen LogP contribution in [0.25, 0.3) is 0 Å². The number of hydrazine groups is 1. The summed E-state index contributed by atoms with van der Waals surface area (Å²) in [4.78, 5) is 25.2. The normalized spacial score (nSPS) is 20.9. The average molecular weight is 298 g/mol. The van der Waals surface area contributed by atoms with E-state index < -0.39 is 0 Å². The number of hydrogen-bond acceptors (Lipinski definition) is 4. The molecule has 2 N–H and O–H groups in total. The number of rotatable bonds is 3. The third-order valence-corrected chi connectivity index (χ3v) is 4.01. The van der Waals surface area contributed by atoms with Gasteiger partial charge < -0.3 is 15.0 Å². The molecule has 1 saturated heterocycles. The van der Waals surface area contributed by atoms with Crippen LogP contribution in [0.4, 0.5) is 9.59 Å². The molecule has 3 amide bonds. The van der Waals surface area contributed by atoms with E-state index in [1.54, 1.807) is 11.8 Å². The van der Waals surface area contributed by atoms with Gasteiger partial charge in [0.25, 0.3) is 0 Å². The predicted molar refractivity (Wildman–Crippen MR) is 78.7 cm³/mol. The van der Waals surface area contributed by atoms with Crippen LogP contribution in [0.15, 0.2) is 0 Å². The van der Waals surface area contributed by atoms with Crippen LogP contribution < -0.4 is 10.7 Å². The Morgan fingerprint density at radius 1 is 1.10 bits per heavy atom. The number of nitrogens with zero attached hydrogens (tertiary/aromatic N) is 2. The minimum absolute atomic E-state index is 0.133. The molecule has 1 saturated carbocycles. The van der Waals surface area contributed by atoms with Crippen molar-refractivity contribution < 1.29 is 14.3 Å². The van der Waals surface area contributed by atoms with Crippen LogP contribution in [0.5, 0.6) is 0 Å². The molecular formula is C14H26N4O3. The molecule has 0 bridgehead atoms. The Labute approximate surface area is 125 Å². The van der Waals surface area contributed by atoms with Gasteiger partial charge in [0.15, 0.2) is 0 Å². The Hall–Kier alpha value is -1.50. The van der Waals surface area contributed by atoms with E-state index in [0.717, 1.165) is 12.8 Å². The molecule has 0 aromatic heterocycles. The van der Waals surface area contributed by atoms with Crippen LogP contribution >= 0.6 is 0 Å². The number of amides is 3. The van der Waals surface area contributed by atoms with Gasteiger partial charge in [-0.05, 0) is 19.8 Å². The maximum Gasteiger partial charge on any atom is 0.409 e.